The van der Waals surface area contributed by atoms with Crippen LogP contribution in [0.2, 0.25) is 0 Å². The van der Waals surface area contributed by atoms with E-state index in [-0.39, 0.29) is 19.4 Å². The van der Waals surface area contributed by atoms with Gasteiger partial charge in [-0.05, 0) is 12.8 Å². The monoisotopic (exact) mass is 587 g/mol. The molecule has 0 aromatic heterocycles. The van der Waals surface area contributed by atoms with Gasteiger partial charge in [-0.1, -0.05) is 0 Å². The number of nitrogens with two attached hydrogens (primary N) is 5. The summed E-state index contributed by atoms with van der Waals surface area (Å²) in [5.41, 5.74) is 30.4. The zero-order valence-corrected chi connectivity index (χ0v) is 23.0. The first-order chi connectivity index (χ1) is 18.1. The van der Waals surface area contributed by atoms with Gasteiger partial charge in [-0.2, -0.15) is 24.4 Å². The molecule has 10 unspecified atom stereocenters. The lowest BCUT2D eigenvalue weighted by atomic mass is 9.84. The van der Waals surface area contributed by atoms with Crippen LogP contribution in [0, 0.1) is 0 Å². The fraction of sp³-hybridized carbons (Fsp3) is 1.00. The van der Waals surface area contributed by atoms with Gasteiger partial charge in [0.1, 0.15) is 24.4 Å². The van der Waals surface area contributed by atoms with Gasteiger partial charge in [-0.25, -0.2) is 0 Å². The van der Waals surface area contributed by atoms with E-state index in [1.54, 1.807) is 0 Å². The number of hydrogen-bond donors (Lipinski definition) is 10. The summed E-state index contributed by atoms with van der Waals surface area (Å²) in [5, 5.41) is 42.5. The minimum Gasteiger partial charge on any atom is -0.390 e. The van der Waals surface area contributed by atoms with E-state index < -0.39 is 85.6 Å². The number of aliphatic hydroxyl groups excluding tert-OH is 4. The van der Waals surface area contributed by atoms with E-state index in [2.05, 4.69) is 12.6 Å². The van der Waals surface area contributed by atoms with E-state index in [4.69, 9.17) is 52.4 Å². The molecule has 14 N–H and O–H groups in total. The van der Waals surface area contributed by atoms with Gasteiger partial charge in [-0.15, -0.1) is 0 Å². The number of ether oxygens (including phenoxy) is 5. The van der Waals surface area contributed by atoms with Crippen molar-refractivity contribution in [3.8, 4) is 0 Å². The molecule has 0 spiro atoms. The van der Waals surface area contributed by atoms with Gasteiger partial charge in [0.25, 0.3) is 0 Å². The minimum absolute atomic E-state index is 0.0643. The average Bonchev–Trinajstić information content (AvgIpc) is 2.88. The smallest absolute Gasteiger partial charge is 0.186 e. The largest absolute Gasteiger partial charge is 0.390 e. The van der Waals surface area contributed by atoms with Crippen LogP contribution in [0.5, 0.6) is 0 Å². The molecule has 2 heterocycles. The van der Waals surface area contributed by atoms with Crippen molar-refractivity contribution in [3.63, 3.8) is 0 Å². The van der Waals surface area contributed by atoms with Crippen LogP contribution in [-0.2, 0) is 23.7 Å². The highest BCUT2D eigenvalue weighted by Gasteiger charge is 2.50. The van der Waals surface area contributed by atoms with E-state index in [1.807, 2.05) is 0 Å². The molecule has 2 aliphatic heterocycles. The van der Waals surface area contributed by atoms with E-state index >= 15 is 0 Å². The molecule has 0 amide bonds. The van der Waals surface area contributed by atoms with Gasteiger partial charge in [-0.3, -0.25) is 0 Å². The predicted octanol–water partition coefficient (Wildman–Crippen LogP) is -4.61. The predicted molar refractivity (Wildman–Crippen MR) is 143 cm³/mol. The molecule has 224 valence electrons. The lowest BCUT2D eigenvalue weighted by molar-refractivity contribution is -0.309. The van der Waals surface area contributed by atoms with E-state index in [9.17, 15) is 20.4 Å². The van der Waals surface area contributed by atoms with Crippen LogP contribution in [0.1, 0.15) is 12.8 Å². The van der Waals surface area contributed by atoms with Crippen LogP contribution in [-0.4, -0.2) is 143 Å². The molecule has 14 atom stereocenters. The lowest BCUT2D eigenvalue weighted by Crippen LogP contribution is -2.68. The highest BCUT2D eigenvalue weighted by molar-refractivity contribution is 7.99. The van der Waals surface area contributed by atoms with Crippen LogP contribution >= 0.6 is 24.4 Å². The molecule has 0 aromatic carbocycles. The number of thioether (sulfide) groups is 1. The number of hydrogen-bond acceptors (Lipinski definition) is 16. The molecule has 0 radical (unpaired) electrons. The molecule has 0 bridgehead atoms. The molecule has 16 heteroatoms. The van der Waals surface area contributed by atoms with Gasteiger partial charge >= 0.3 is 0 Å². The highest BCUT2D eigenvalue weighted by Crippen LogP contribution is 2.31. The van der Waals surface area contributed by atoms with Crippen molar-refractivity contribution in [2.24, 2.45) is 28.7 Å². The summed E-state index contributed by atoms with van der Waals surface area (Å²) in [7, 11) is 0. The van der Waals surface area contributed by atoms with Crippen molar-refractivity contribution in [2.75, 3.05) is 37.0 Å². The topological polar surface area (TPSA) is 257 Å². The summed E-state index contributed by atoms with van der Waals surface area (Å²) < 4.78 is 28.9. The SMILES string of the molecule is NC[C@H]1O[C@H](OC2C(O)C(OC3OC(CSCCOCCS)C(O)C(N)C3O)[C@H](N)C[C@@H]2N)C(N)CC1O. The Bertz CT molecular complexity index is 710. The number of aliphatic hydroxyl groups is 4. The average molecular weight is 588 g/mol. The minimum atomic E-state index is -1.37. The summed E-state index contributed by atoms with van der Waals surface area (Å²) in [6, 6.07) is -3.10. The van der Waals surface area contributed by atoms with Gasteiger partial charge in [0.05, 0.1) is 49.7 Å². The van der Waals surface area contributed by atoms with Crippen molar-refractivity contribution in [1.29, 1.82) is 0 Å². The van der Waals surface area contributed by atoms with Gasteiger partial charge < -0.3 is 72.8 Å². The summed E-state index contributed by atoms with van der Waals surface area (Å²) in [6.07, 6.45) is -9.88. The Morgan fingerprint density at radius 3 is 2.05 bits per heavy atom. The Morgan fingerprint density at radius 1 is 0.789 bits per heavy atom. The standard InChI is InChI=1S/C22H45N5O9S2/c23-7-13-12(28)6-11(26)21(33-13)35-19-9(24)5-10(25)20(18(19)31)36-22-17(30)15(27)16(29)14(34-22)8-38-4-2-32-1-3-37/h9-22,28-31,37H,1-8,23-27H2/t9-,10+,11?,12?,13+,14?,15?,16?,17?,18?,19?,20?,21+,22?/m0/s1. The summed E-state index contributed by atoms with van der Waals surface area (Å²) in [5.74, 6) is 1.68. The molecule has 1 aliphatic carbocycles. The van der Waals surface area contributed by atoms with Crippen molar-refractivity contribution < 1.29 is 44.1 Å². The molecule has 2 saturated heterocycles. The molecule has 3 aliphatic rings. The maximum atomic E-state index is 11.2. The summed E-state index contributed by atoms with van der Waals surface area (Å²) in [6.45, 7) is 1.13. The molecule has 38 heavy (non-hydrogen) atoms. The summed E-state index contributed by atoms with van der Waals surface area (Å²) >= 11 is 5.59. The maximum Gasteiger partial charge on any atom is 0.186 e. The number of thiol groups is 1. The van der Waals surface area contributed by atoms with Gasteiger partial charge in [0, 0.05) is 35.9 Å². The molecule has 3 rings (SSSR count). The van der Waals surface area contributed by atoms with Crippen LogP contribution < -0.4 is 28.7 Å². The zero-order chi connectivity index (χ0) is 28.0. The Kier molecular flexibility index (Phi) is 13.2. The zero-order valence-electron chi connectivity index (χ0n) is 21.3. The third kappa shape index (κ3) is 8.12. The summed E-state index contributed by atoms with van der Waals surface area (Å²) in [4.78, 5) is 0. The first-order valence-corrected chi connectivity index (χ1v) is 14.7. The molecule has 14 nitrogen and oxygen atoms in total. The van der Waals surface area contributed by atoms with E-state index in [1.165, 1.54) is 11.8 Å². The van der Waals surface area contributed by atoms with Gasteiger partial charge in [0.15, 0.2) is 12.6 Å². The van der Waals surface area contributed by atoms with Crippen LogP contribution in [0.25, 0.3) is 0 Å². The Labute approximate surface area is 232 Å². The second-order valence-corrected chi connectivity index (χ2v) is 11.6. The molecule has 1 saturated carbocycles. The van der Waals surface area contributed by atoms with Crippen molar-refractivity contribution in [3.05, 3.63) is 0 Å². The fourth-order valence-corrected chi connectivity index (χ4v) is 5.94. The Hall–Kier alpha value is 0.140. The quantitative estimate of drug-likeness (QED) is 0.0761. The molecular weight excluding hydrogens is 542 g/mol. The Balaban J connectivity index is 1.62. The third-order valence-electron chi connectivity index (χ3n) is 7.12. The van der Waals surface area contributed by atoms with Crippen molar-refractivity contribution >= 4 is 24.4 Å². The second-order valence-electron chi connectivity index (χ2n) is 10.0. The van der Waals surface area contributed by atoms with Crippen molar-refractivity contribution in [2.45, 2.75) is 98.4 Å². The van der Waals surface area contributed by atoms with Crippen LogP contribution in [0.4, 0.5) is 0 Å². The Morgan fingerprint density at radius 2 is 1.42 bits per heavy atom. The van der Waals surface area contributed by atoms with E-state index in [0.717, 1.165) is 0 Å². The van der Waals surface area contributed by atoms with Gasteiger partial charge in [0.2, 0.25) is 0 Å². The van der Waals surface area contributed by atoms with Crippen LogP contribution in [0.3, 0.4) is 0 Å². The fourth-order valence-electron chi connectivity index (χ4n) is 4.90. The molecular formula is C22H45N5O9S2. The molecule has 3 fully saturated rings. The van der Waals surface area contributed by atoms with Crippen LogP contribution in [0.15, 0.2) is 0 Å². The van der Waals surface area contributed by atoms with E-state index in [0.29, 0.717) is 30.5 Å². The lowest BCUT2D eigenvalue weighted by Gasteiger charge is -2.48. The maximum absolute atomic E-state index is 11.2. The normalized spacial score (nSPS) is 46.3. The third-order valence-corrected chi connectivity index (χ3v) is 8.33. The molecule has 0 aromatic rings. The van der Waals surface area contributed by atoms with Crippen molar-refractivity contribution in [1.82, 2.24) is 0 Å². The highest BCUT2D eigenvalue weighted by atomic mass is 32.2. The first kappa shape index (κ1) is 32.7. The second kappa shape index (κ2) is 15.4. The first-order valence-electron chi connectivity index (χ1n) is 12.9. The number of rotatable bonds is 12.